The Morgan fingerprint density at radius 2 is 1.47 bits per heavy atom. The van der Waals surface area contributed by atoms with Crippen LogP contribution in [-0.2, 0) is 14.3 Å². The zero-order valence-electron chi connectivity index (χ0n) is 19.1. The van der Waals surface area contributed by atoms with Crippen LogP contribution in [0.2, 0.25) is 5.02 Å². The maximum absolute atomic E-state index is 14.0. The van der Waals surface area contributed by atoms with Gasteiger partial charge in [0.2, 0.25) is 29.0 Å². The second-order valence-electron chi connectivity index (χ2n) is 8.95. The third-order valence-electron chi connectivity index (χ3n) is 7.12. The first-order chi connectivity index (χ1) is 17.4. The number of hydrogen-bond acceptors (Lipinski definition) is 6. The Morgan fingerprint density at radius 1 is 0.861 bits per heavy atom. The highest BCUT2D eigenvalue weighted by atomic mass is 35.5. The number of para-hydroxylation sites is 2. The molecular formula is C28H20ClNO6. The Hall–Kier alpha value is -3.81. The second-order valence-corrected chi connectivity index (χ2v) is 9.38. The van der Waals surface area contributed by atoms with Gasteiger partial charge >= 0.3 is 0 Å². The highest BCUT2D eigenvalue weighted by Gasteiger charge is 2.74. The van der Waals surface area contributed by atoms with E-state index in [1.807, 2.05) is 0 Å². The second kappa shape index (κ2) is 8.11. The number of ether oxygens (including phenoxy) is 2. The van der Waals surface area contributed by atoms with Gasteiger partial charge in [-0.15, -0.1) is 0 Å². The highest BCUT2D eigenvalue weighted by Crippen LogP contribution is 2.58. The molecule has 36 heavy (non-hydrogen) atoms. The molecule has 0 bridgehead atoms. The lowest BCUT2D eigenvalue weighted by molar-refractivity contribution is -0.127. The summed E-state index contributed by atoms with van der Waals surface area (Å²) in [5.41, 5.74) is -0.938. The minimum atomic E-state index is -2.12. The van der Waals surface area contributed by atoms with Gasteiger partial charge in [-0.25, -0.2) is 4.90 Å². The molecule has 1 aliphatic carbocycles. The van der Waals surface area contributed by atoms with Crippen LogP contribution < -0.4 is 9.64 Å². The lowest BCUT2D eigenvalue weighted by Gasteiger charge is -2.27. The van der Waals surface area contributed by atoms with Crippen molar-refractivity contribution in [3.8, 4) is 5.75 Å². The number of benzene rings is 3. The predicted octanol–water partition coefficient (Wildman–Crippen LogP) is 4.43. The van der Waals surface area contributed by atoms with E-state index in [2.05, 4.69) is 0 Å². The van der Waals surface area contributed by atoms with Gasteiger partial charge in [-0.3, -0.25) is 19.2 Å². The molecule has 1 spiro atoms. The standard InChI is InChI=1S/C28H20ClNO6/c1-2-35-20-10-6-5-9-19(20)30-26(33)21-22(27(30)34)28(36-23(21)15-11-13-16(29)14-12-15)24(31)17-7-3-4-8-18(17)25(28)32/h3-14,21-23H,2H2,1H3/t21-,22-,23+/m0/s1. The summed E-state index contributed by atoms with van der Waals surface area (Å²) in [6.07, 6.45) is -1.00. The van der Waals surface area contributed by atoms with Gasteiger partial charge in [0, 0.05) is 16.1 Å². The van der Waals surface area contributed by atoms with Gasteiger partial charge in [0.1, 0.15) is 5.75 Å². The van der Waals surface area contributed by atoms with Crippen molar-refractivity contribution < 1.29 is 28.7 Å². The van der Waals surface area contributed by atoms with E-state index in [0.29, 0.717) is 22.9 Å². The molecule has 0 N–H and O–H groups in total. The molecule has 0 saturated carbocycles. The molecule has 8 heteroatoms. The number of amides is 2. The summed E-state index contributed by atoms with van der Waals surface area (Å²) in [7, 11) is 0. The Balaban J connectivity index is 1.54. The van der Waals surface area contributed by atoms with E-state index in [1.165, 1.54) is 0 Å². The molecule has 2 amide bonds. The van der Waals surface area contributed by atoms with Crippen molar-refractivity contribution >= 4 is 40.7 Å². The van der Waals surface area contributed by atoms with Crippen molar-refractivity contribution in [2.45, 2.75) is 18.6 Å². The van der Waals surface area contributed by atoms with Crippen molar-refractivity contribution in [2.24, 2.45) is 11.8 Å². The average Bonchev–Trinajstić information content (AvgIpc) is 3.45. The molecule has 0 unspecified atom stereocenters. The SMILES string of the molecule is CCOc1ccccc1N1C(=O)[C@@H]2[C@@H](c3ccc(Cl)cc3)OC3(C(=O)c4ccccc4C3=O)[C@@H]2C1=O. The first-order valence-electron chi connectivity index (χ1n) is 11.6. The fraction of sp³-hybridized carbons (Fsp3) is 0.214. The molecule has 0 radical (unpaired) electrons. The van der Waals surface area contributed by atoms with Crippen LogP contribution in [0.4, 0.5) is 5.69 Å². The molecule has 2 heterocycles. The zero-order valence-corrected chi connectivity index (χ0v) is 19.9. The lowest BCUT2D eigenvalue weighted by Crippen LogP contribution is -2.51. The normalized spacial score (nSPS) is 23.9. The van der Waals surface area contributed by atoms with Crippen LogP contribution in [0.25, 0.3) is 0 Å². The number of fused-ring (bicyclic) bond motifs is 3. The summed E-state index contributed by atoms with van der Waals surface area (Å²) < 4.78 is 11.9. The summed E-state index contributed by atoms with van der Waals surface area (Å²) in [5.74, 6) is -4.48. The number of Topliss-reactive ketones (excluding diaryl/α,β-unsaturated/α-hetero) is 2. The summed E-state index contributed by atoms with van der Waals surface area (Å²) in [5, 5.41) is 0.476. The van der Waals surface area contributed by atoms with Crippen LogP contribution in [0.5, 0.6) is 5.75 Å². The lowest BCUT2D eigenvalue weighted by atomic mass is 9.77. The number of hydrogen-bond donors (Lipinski definition) is 0. The van der Waals surface area contributed by atoms with E-state index in [1.54, 1.807) is 79.7 Å². The maximum atomic E-state index is 14.0. The molecule has 0 aromatic heterocycles. The number of rotatable bonds is 4. The third kappa shape index (κ3) is 2.90. The zero-order chi connectivity index (χ0) is 25.2. The van der Waals surface area contributed by atoms with E-state index in [-0.39, 0.29) is 16.8 Å². The van der Waals surface area contributed by atoms with Crippen molar-refractivity contribution in [1.82, 2.24) is 0 Å². The van der Waals surface area contributed by atoms with E-state index < -0.39 is 46.9 Å². The number of anilines is 1. The fourth-order valence-corrected chi connectivity index (χ4v) is 5.75. The van der Waals surface area contributed by atoms with Crippen LogP contribution in [-0.4, -0.2) is 35.6 Å². The van der Waals surface area contributed by atoms with Crippen LogP contribution >= 0.6 is 11.6 Å². The minimum Gasteiger partial charge on any atom is -0.492 e. The summed E-state index contributed by atoms with van der Waals surface area (Å²) in [4.78, 5) is 56.6. The quantitative estimate of drug-likeness (QED) is 0.388. The Labute approximate surface area is 211 Å². The number of imide groups is 1. The van der Waals surface area contributed by atoms with Crippen LogP contribution in [0, 0.1) is 11.8 Å². The topological polar surface area (TPSA) is 90.0 Å². The average molecular weight is 502 g/mol. The summed E-state index contributed by atoms with van der Waals surface area (Å²) in [6, 6.07) is 19.7. The predicted molar refractivity (Wildman–Crippen MR) is 130 cm³/mol. The highest BCUT2D eigenvalue weighted by molar-refractivity contribution is 6.37. The van der Waals surface area contributed by atoms with Gasteiger partial charge in [0.25, 0.3) is 0 Å². The summed E-state index contributed by atoms with van der Waals surface area (Å²) in [6.45, 7) is 2.12. The molecule has 3 aromatic rings. The first kappa shape index (κ1) is 22.6. The number of carbonyl (C=O) groups excluding carboxylic acids is 4. The van der Waals surface area contributed by atoms with Gasteiger partial charge in [0.15, 0.2) is 0 Å². The molecule has 180 valence electrons. The Bertz CT molecular complexity index is 1410. The van der Waals surface area contributed by atoms with Crippen molar-refractivity contribution in [3.63, 3.8) is 0 Å². The van der Waals surface area contributed by atoms with Gasteiger partial charge in [-0.05, 0) is 36.8 Å². The van der Waals surface area contributed by atoms with E-state index in [0.717, 1.165) is 4.90 Å². The largest absolute Gasteiger partial charge is 0.492 e. The van der Waals surface area contributed by atoms with Crippen molar-refractivity contribution in [1.29, 1.82) is 0 Å². The van der Waals surface area contributed by atoms with Crippen molar-refractivity contribution in [3.05, 3.63) is 94.5 Å². The number of ketones is 2. The van der Waals surface area contributed by atoms with E-state index in [4.69, 9.17) is 21.1 Å². The van der Waals surface area contributed by atoms with E-state index in [9.17, 15) is 19.2 Å². The third-order valence-corrected chi connectivity index (χ3v) is 7.38. The van der Waals surface area contributed by atoms with E-state index >= 15 is 0 Å². The Kier molecular flexibility index (Phi) is 5.10. The van der Waals surface area contributed by atoms with Crippen LogP contribution in [0.1, 0.15) is 39.3 Å². The molecule has 2 aliphatic heterocycles. The number of nitrogens with zero attached hydrogens (tertiary/aromatic N) is 1. The van der Waals surface area contributed by atoms with Crippen LogP contribution in [0.3, 0.4) is 0 Å². The molecule has 3 aliphatic rings. The minimum absolute atomic E-state index is 0.187. The molecule has 3 aromatic carbocycles. The first-order valence-corrected chi connectivity index (χ1v) is 12.0. The summed E-state index contributed by atoms with van der Waals surface area (Å²) >= 11 is 6.07. The van der Waals surface area contributed by atoms with Gasteiger partial charge in [0.05, 0.1) is 30.2 Å². The maximum Gasteiger partial charge on any atom is 0.241 e. The molecular weight excluding hydrogens is 482 g/mol. The monoisotopic (exact) mass is 501 g/mol. The van der Waals surface area contributed by atoms with Crippen molar-refractivity contribution in [2.75, 3.05) is 11.5 Å². The number of halogens is 1. The number of carbonyl (C=O) groups is 4. The molecule has 2 fully saturated rings. The van der Waals surface area contributed by atoms with Gasteiger partial charge in [-0.1, -0.05) is 60.1 Å². The van der Waals surface area contributed by atoms with Gasteiger partial charge < -0.3 is 9.47 Å². The molecule has 6 rings (SSSR count). The fourth-order valence-electron chi connectivity index (χ4n) is 5.63. The molecule has 7 nitrogen and oxygen atoms in total. The smallest absolute Gasteiger partial charge is 0.241 e. The molecule has 3 atom stereocenters. The van der Waals surface area contributed by atoms with Gasteiger partial charge in [-0.2, -0.15) is 0 Å². The Morgan fingerprint density at radius 3 is 2.11 bits per heavy atom. The molecule has 2 saturated heterocycles. The van der Waals surface area contributed by atoms with Crippen LogP contribution in [0.15, 0.2) is 72.8 Å².